The molecule has 1 aromatic heterocycles. The van der Waals surface area contributed by atoms with E-state index in [0.717, 1.165) is 4.47 Å². The molecule has 1 atom stereocenters. The van der Waals surface area contributed by atoms with Crippen LogP contribution in [0.4, 0.5) is 0 Å². The van der Waals surface area contributed by atoms with Crippen molar-refractivity contribution in [2.45, 2.75) is 12.5 Å². The van der Waals surface area contributed by atoms with Crippen LogP contribution in [0, 0.1) is 0 Å². The molecule has 1 aromatic rings. The molecule has 0 amide bonds. The number of halogens is 2. The van der Waals surface area contributed by atoms with Gasteiger partial charge in [-0.05, 0) is 12.1 Å². The van der Waals surface area contributed by atoms with Gasteiger partial charge in [0, 0.05) is 4.47 Å². The van der Waals surface area contributed by atoms with Crippen molar-refractivity contribution in [3.63, 3.8) is 0 Å². The van der Waals surface area contributed by atoms with Crippen LogP contribution >= 0.6 is 27.5 Å². The first-order valence-electron chi connectivity index (χ1n) is 4.18. The molecule has 0 saturated carbocycles. The smallest absolute Gasteiger partial charge is 0.307 e. The summed E-state index contributed by atoms with van der Waals surface area (Å²) >= 11 is 9.02. The highest BCUT2D eigenvalue weighted by Crippen LogP contribution is 2.21. The lowest BCUT2D eigenvalue weighted by Gasteiger charge is -2.10. The van der Waals surface area contributed by atoms with Crippen LogP contribution in [-0.4, -0.2) is 18.1 Å². The Morgan fingerprint density at radius 3 is 2.93 bits per heavy atom. The van der Waals surface area contributed by atoms with Crippen molar-refractivity contribution < 1.29 is 9.53 Å². The monoisotopic (exact) mass is 292 g/mol. The van der Waals surface area contributed by atoms with E-state index < -0.39 is 6.04 Å². The van der Waals surface area contributed by atoms with Crippen molar-refractivity contribution in [3.8, 4) is 0 Å². The van der Waals surface area contributed by atoms with Crippen LogP contribution in [0.3, 0.4) is 0 Å². The average molecular weight is 294 g/mol. The molecule has 2 N–H and O–H groups in total. The van der Waals surface area contributed by atoms with E-state index in [1.807, 2.05) is 0 Å². The molecule has 0 aliphatic carbocycles. The third kappa shape index (κ3) is 3.77. The topological polar surface area (TPSA) is 65.2 Å². The van der Waals surface area contributed by atoms with Gasteiger partial charge < -0.3 is 10.5 Å². The molecule has 0 saturated heterocycles. The van der Waals surface area contributed by atoms with E-state index in [1.54, 1.807) is 12.1 Å². The number of ether oxygens (including phenoxy) is 1. The van der Waals surface area contributed by atoms with Gasteiger partial charge in [-0.25, -0.2) is 4.98 Å². The average Bonchev–Trinajstić information content (AvgIpc) is 2.16. The van der Waals surface area contributed by atoms with E-state index in [1.165, 1.54) is 7.11 Å². The summed E-state index contributed by atoms with van der Waals surface area (Å²) in [5.41, 5.74) is 6.32. The molecule has 0 fully saturated rings. The van der Waals surface area contributed by atoms with E-state index in [-0.39, 0.29) is 12.4 Å². The number of rotatable bonds is 3. The third-order valence-corrected chi connectivity index (χ3v) is 2.42. The molecule has 15 heavy (non-hydrogen) atoms. The number of pyridine rings is 1. The van der Waals surface area contributed by atoms with E-state index in [4.69, 9.17) is 17.3 Å². The van der Waals surface area contributed by atoms with Gasteiger partial charge in [-0.1, -0.05) is 27.5 Å². The fourth-order valence-electron chi connectivity index (χ4n) is 1.04. The maximum absolute atomic E-state index is 11.0. The van der Waals surface area contributed by atoms with Gasteiger partial charge >= 0.3 is 5.97 Å². The molecule has 4 nitrogen and oxygen atoms in total. The van der Waals surface area contributed by atoms with E-state index in [0.29, 0.717) is 10.8 Å². The van der Waals surface area contributed by atoms with Crippen LogP contribution < -0.4 is 5.73 Å². The Bertz CT molecular complexity index is 353. The first-order chi connectivity index (χ1) is 7.02. The van der Waals surface area contributed by atoms with Crippen molar-refractivity contribution in [1.29, 1.82) is 0 Å². The molecule has 0 unspecified atom stereocenters. The van der Waals surface area contributed by atoms with Gasteiger partial charge in [0.25, 0.3) is 0 Å². The number of carbonyl (C=O) groups is 1. The van der Waals surface area contributed by atoms with Gasteiger partial charge in [0.1, 0.15) is 5.15 Å². The number of nitrogens with zero attached hydrogens (tertiary/aromatic N) is 1. The Kier molecular flexibility index (Phi) is 4.50. The fourth-order valence-corrected chi connectivity index (χ4v) is 1.84. The van der Waals surface area contributed by atoms with Gasteiger partial charge in [-0.15, -0.1) is 0 Å². The number of carbonyl (C=O) groups excluding carboxylic acids is 1. The molecular weight excluding hydrogens is 283 g/mol. The SMILES string of the molecule is COC(=O)C[C@H](N)c1cc(Br)cc(Cl)n1. The normalized spacial score (nSPS) is 12.3. The summed E-state index contributed by atoms with van der Waals surface area (Å²) in [4.78, 5) is 15.0. The second kappa shape index (κ2) is 5.44. The Hall–Kier alpha value is -0.650. The number of aromatic nitrogens is 1. The highest BCUT2D eigenvalue weighted by atomic mass is 79.9. The molecule has 0 aromatic carbocycles. The fraction of sp³-hybridized carbons (Fsp3) is 0.333. The summed E-state index contributed by atoms with van der Waals surface area (Å²) < 4.78 is 5.29. The summed E-state index contributed by atoms with van der Waals surface area (Å²) in [6.45, 7) is 0. The molecule has 82 valence electrons. The minimum Gasteiger partial charge on any atom is -0.469 e. The summed E-state index contributed by atoms with van der Waals surface area (Å²) in [5, 5.41) is 0.333. The van der Waals surface area contributed by atoms with Crippen molar-refractivity contribution in [2.24, 2.45) is 5.73 Å². The second-order valence-corrected chi connectivity index (χ2v) is 4.22. The summed E-state index contributed by atoms with van der Waals surface area (Å²) in [6.07, 6.45) is 0.0796. The summed E-state index contributed by atoms with van der Waals surface area (Å²) in [6, 6.07) is 2.86. The Labute approximate surface area is 101 Å². The largest absolute Gasteiger partial charge is 0.469 e. The molecule has 0 radical (unpaired) electrons. The van der Waals surface area contributed by atoms with Crippen molar-refractivity contribution in [1.82, 2.24) is 4.98 Å². The standard InChI is InChI=1S/C9H10BrClN2O2/c1-15-9(14)4-6(12)7-2-5(10)3-8(11)13-7/h2-3,6H,4,12H2,1H3/t6-/m0/s1. The molecule has 1 heterocycles. The zero-order valence-corrected chi connectivity index (χ0v) is 10.4. The van der Waals surface area contributed by atoms with Crippen molar-refractivity contribution in [2.75, 3.05) is 7.11 Å². The maximum Gasteiger partial charge on any atom is 0.307 e. The van der Waals surface area contributed by atoms with Gasteiger partial charge in [-0.2, -0.15) is 0 Å². The van der Waals surface area contributed by atoms with E-state index >= 15 is 0 Å². The molecule has 0 bridgehead atoms. The van der Waals surface area contributed by atoms with Crippen molar-refractivity contribution in [3.05, 3.63) is 27.5 Å². The van der Waals surface area contributed by atoms with Gasteiger partial charge in [0.2, 0.25) is 0 Å². The zero-order chi connectivity index (χ0) is 11.4. The lowest BCUT2D eigenvalue weighted by atomic mass is 10.1. The minimum atomic E-state index is -0.507. The molecule has 0 aliphatic rings. The quantitative estimate of drug-likeness (QED) is 0.684. The molecule has 0 spiro atoms. The Morgan fingerprint density at radius 2 is 2.40 bits per heavy atom. The van der Waals surface area contributed by atoms with Crippen LogP contribution in [0.2, 0.25) is 5.15 Å². The first kappa shape index (κ1) is 12.4. The first-order valence-corrected chi connectivity index (χ1v) is 5.35. The Morgan fingerprint density at radius 1 is 1.73 bits per heavy atom. The van der Waals surface area contributed by atoms with Crippen LogP contribution in [0.5, 0.6) is 0 Å². The van der Waals surface area contributed by atoms with Crippen LogP contribution in [-0.2, 0) is 9.53 Å². The number of methoxy groups -OCH3 is 1. The predicted octanol–water partition coefficient (Wildman–Crippen LogP) is 2.06. The van der Waals surface area contributed by atoms with Crippen LogP contribution in [0.25, 0.3) is 0 Å². The molecule has 1 rings (SSSR count). The number of nitrogens with two attached hydrogens (primary N) is 1. The lowest BCUT2D eigenvalue weighted by molar-refractivity contribution is -0.141. The molecule has 6 heteroatoms. The number of hydrogen-bond donors (Lipinski definition) is 1. The highest BCUT2D eigenvalue weighted by molar-refractivity contribution is 9.10. The number of esters is 1. The van der Waals surface area contributed by atoms with Gasteiger partial charge in [0.15, 0.2) is 0 Å². The highest BCUT2D eigenvalue weighted by Gasteiger charge is 2.14. The van der Waals surface area contributed by atoms with Crippen LogP contribution in [0.1, 0.15) is 18.2 Å². The molecular formula is C9H10BrClN2O2. The van der Waals surface area contributed by atoms with Gasteiger partial charge in [-0.3, -0.25) is 4.79 Å². The van der Waals surface area contributed by atoms with E-state index in [9.17, 15) is 4.79 Å². The second-order valence-electron chi connectivity index (χ2n) is 2.92. The number of hydrogen-bond acceptors (Lipinski definition) is 4. The third-order valence-electron chi connectivity index (χ3n) is 1.77. The summed E-state index contributed by atoms with van der Waals surface area (Å²) in [7, 11) is 1.32. The van der Waals surface area contributed by atoms with Crippen molar-refractivity contribution >= 4 is 33.5 Å². The maximum atomic E-state index is 11.0. The molecule has 0 aliphatic heterocycles. The minimum absolute atomic E-state index is 0.0796. The van der Waals surface area contributed by atoms with E-state index in [2.05, 4.69) is 25.7 Å². The van der Waals surface area contributed by atoms with Gasteiger partial charge in [0.05, 0.1) is 25.3 Å². The Balaban J connectivity index is 2.81. The predicted molar refractivity (Wildman–Crippen MR) is 60.5 cm³/mol. The lowest BCUT2D eigenvalue weighted by Crippen LogP contribution is -2.17. The summed E-state index contributed by atoms with van der Waals surface area (Å²) in [5.74, 6) is -0.375. The zero-order valence-electron chi connectivity index (χ0n) is 8.04. The van der Waals surface area contributed by atoms with Crippen LogP contribution in [0.15, 0.2) is 16.6 Å².